The maximum Gasteiger partial charge on any atom is 0.138 e. The van der Waals surface area contributed by atoms with Gasteiger partial charge in [-0.15, -0.1) is 0 Å². The topological polar surface area (TPSA) is 28.6 Å². The number of benzene rings is 1. The number of hydrogen-bond acceptors (Lipinski definition) is 4. The van der Waals surface area contributed by atoms with Crippen molar-refractivity contribution >= 4 is 11.4 Å². The molecular formula is C26H30FN3O. The smallest absolute Gasteiger partial charge is 0.138 e. The Morgan fingerprint density at radius 1 is 1.26 bits per heavy atom. The van der Waals surface area contributed by atoms with E-state index in [-0.39, 0.29) is 5.82 Å². The third-order valence-corrected chi connectivity index (χ3v) is 5.87. The summed E-state index contributed by atoms with van der Waals surface area (Å²) in [5.74, 6) is 2.57. The minimum atomic E-state index is -0.280. The third kappa shape index (κ3) is 4.82. The zero-order valence-electron chi connectivity index (χ0n) is 18.6. The van der Waals surface area contributed by atoms with Crippen LogP contribution in [0.4, 0.5) is 10.2 Å². The summed E-state index contributed by atoms with van der Waals surface area (Å²) in [5, 5.41) is 0. The molecule has 0 amide bonds. The Labute approximate surface area is 184 Å². The summed E-state index contributed by atoms with van der Waals surface area (Å²) in [5.41, 5.74) is 4.31. The molecule has 4 nitrogen and oxygen atoms in total. The third-order valence-electron chi connectivity index (χ3n) is 5.87. The molecule has 0 N–H and O–H groups in total. The van der Waals surface area contributed by atoms with Crippen LogP contribution in [0.2, 0.25) is 0 Å². The second kappa shape index (κ2) is 8.96. The van der Waals surface area contributed by atoms with Crippen molar-refractivity contribution in [3.05, 3.63) is 83.8 Å². The van der Waals surface area contributed by atoms with Gasteiger partial charge in [0.2, 0.25) is 0 Å². The van der Waals surface area contributed by atoms with Crippen LogP contribution < -0.4 is 9.64 Å². The Balaban J connectivity index is 1.48. The van der Waals surface area contributed by atoms with E-state index < -0.39 is 0 Å². The lowest BCUT2D eigenvalue weighted by molar-refractivity contribution is 0.297. The molecule has 0 bridgehead atoms. The molecule has 1 aliphatic heterocycles. The van der Waals surface area contributed by atoms with Crippen LogP contribution in [0.1, 0.15) is 50.4 Å². The number of pyridine rings is 1. The summed E-state index contributed by atoms with van der Waals surface area (Å²) in [6.45, 7) is 11.7. The van der Waals surface area contributed by atoms with Crippen LogP contribution in [0.5, 0.6) is 5.75 Å². The summed E-state index contributed by atoms with van der Waals surface area (Å²) in [7, 11) is 0. The second-order valence-electron chi connectivity index (χ2n) is 8.25. The molecule has 2 aliphatic rings. The number of anilines is 1. The molecule has 2 aromatic rings. The van der Waals surface area contributed by atoms with E-state index in [9.17, 15) is 4.39 Å². The Hall–Kier alpha value is -3.08. The van der Waals surface area contributed by atoms with E-state index in [1.54, 1.807) is 6.07 Å². The van der Waals surface area contributed by atoms with Crippen LogP contribution in [-0.4, -0.2) is 16.5 Å². The van der Waals surface area contributed by atoms with Crippen molar-refractivity contribution in [1.29, 1.82) is 0 Å². The lowest BCUT2D eigenvalue weighted by Crippen LogP contribution is -2.22. The summed E-state index contributed by atoms with van der Waals surface area (Å²) >= 11 is 0. The Kier molecular flexibility index (Phi) is 6.12. The quantitative estimate of drug-likeness (QED) is 0.505. The molecule has 0 spiro atoms. The van der Waals surface area contributed by atoms with Crippen molar-refractivity contribution in [2.45, 2.75) is 46.6 Å². The predicted octanol–water partition coefficient (Wildman–Crippen LogP) is 6.26. The highest BCUT2D eigenvalue weighted by atomic mass is 19.1. The zero-order chi connectivity index (χ0) is 22.0. The van der Waals surface area contributed by atoms with E-state index in [0.717, 1.165) is 29.3 Å². The summed E-state index contributed by atoms with van der Waals surface area (Å²) in [6.07, 6.45) is 9.29. The van der Waals surface area contributed by atoms with Gasteiger partial charge in [0.25, 0.3) is 0 Å². The average molecular weight is 420 g/mol. The normalized spacial score (nSPS) is 16.4. The Morgan fingerprint density at radius 2 is 2.06 bits per heavy atom. The molecule has 4 rings (SSSR count). The van der Waals surface area contributed by atoms with Crippen LogP contribution in [0, 0.1) is 11.7 Å². The van der Waals surface area contributed by atoms with Gasteiger partial charge in [0, 0.05) is 25.0 Å². The van der Waals surface area contributed by atoms with Gasteiger partial charge in [-0.2, -0.15) is 0 Å². The van der Waals surface area contributed by atoms with Gasteiger partial charge in [-0.1, -0.05) is 19.6 Å². The lowest BCUT2D eigenvalue weighted by atomic mass is 10.0. The largest absolute Gasteiger partial charge is 0.493 e. The average Bonchev–Trinajstić information content (AvgIpc) is 3.54. The molecule has 2 heterocycles. The highest BCUT2D eigenvalue weighted by Gasteiger charge is 2.23. The minimum Gasteiger partial charge on any atom is -0.493 e. The SMILES string of the molecule is C=C1N(Cc2cc(F)cc(OCC3CC3)c2)C=CN1c1ccc(/C(C)=C/C)c(CC)n1. The van der Waals surface area contributed by atoms with Crippen LogP contribution in [0.25, 0.3) is 5.57 Å². The molecule has 5 heteroatoms. The summed E-state index contributed by atoms with van der Waals surface area (Å²) < 4.78 is 19.9. The predicted molar refractivity (Wildman–Crippen MR) is 124 cm³/mol. The Morgan fingerprint density at radius 3 is 2.77 bits per heavy atom. The standard InChI is InChI=1S/C26H30FN3O/c1-5-18(3)24-9-10-26(28-25(24)6-2)30-12-11-29(19(30)4)16-21-13-22(27)15-23(14-21)31-17-20-7-8-20/h5,9-15,20H,4,6-8,16-17H2,1-3H3/b18-5+. The van der Waals surface area contributed by atoms with Crippen LogP contribution in [0.15, 0.2) is 61.2 Å². The fourth-order valence-corrected chi connectivity index (χ4v) is 3.71. The number of nitrogens with zero attached hydrogens (tertiary/aromatic N) is 3. The maximum atomic E-state index is 14.1. The Bertz CT molecular complexity index is 1040. The van der Waals surface area contributed by atoms with Gasteiger partial charge in [-0.3, -0.25) is 4.90 Å². The van der Waals surface area contributed by atoms with Gasteiger partial charge in [0.15, 0.2) is 0 Å². The molecule has 1 saturated carbocycles. The van der Waals surface area contributed by atoms with Gasteiger partial charge in [0.1, 0.15) is 23.2 Å². The molecule has 1 aliphatic carbocycles. The number of rotatable bonds is 8. The first kappa shape index (κ1) is 21.2. The molecule has 1 aromatic carbocycles. The van der Waals surface area contributed by atoms with Gasteiger partial charge in [0.05, 0.1) is 12.3 Å². The van der Waals surface area contributed by atoms with Crippen LogP contribution in [-0.2, 0) is 13.0 Å². The first-order valence-corrected chi connectivity index (χ1v) is 11.0. The van der Waals surface area contributed by atoms with E-state index in [2.05, 4.69) is 32.6 Å². The number of hydrogen-bond donors (Lipinski definition) is 0. The van der Waals surface area contributed by atoms with Gasteiger partial charge in [-0.25, -0.2) is 9.37 Å². The first-order valence-electron chi connectivity index (χ1n) is 11.0. The maximum absolute atomic E-state index is 14.1. The molecule has 0 radical (unpaired) electrons. The number of halogens is 1. The molecule has 31 heavy (non-hydrogen) atoms. The van der Waals surface area contributed by atoms with Gasteiger partial charge in [-0.05, 0) is 80.0 Å². The number of allylic oxidation sites excluding steroid dienone is 2. The lowest BCUT2D eigenvalue weighted by Gasteiger charge is -2.24. The van der Waals surface area contributed by atoms with Crippen molar-refractivity contribution in [3.63, 3.8) is 0 Å². The fourth-order valence-electron chi connectivity index (χ4n) is 3.71. The number of aryl methyl sites for hydroxylation is 1. The van der Waals surface area contributed by atoms with Gasteiger partial charge < -0.3 is 9.64 Å². The molecular weight excluding hydrogens is 389 g/mol. The monoisotopic (exact) mass is 419 g/mol. The molecule has 0 atom stereocenters. The summed E-state index contributed by atoms with van der Waals surface area (Å²) in [6, 6.07) is 9.06. The van der Waals surface area contributed by atoms with Crippen molar-refractivity contribution in [2.24, 2.45) is 5.92 Å². The number of ether oxygens (including phenoxy) is 1. The van der Waals surface area contributed by atoms with Crippen molar-refractivity contribution in [1.82, 2.24) is 9.88 Å². The van der Waals surface area contributed by atoms with Crippen molar-refractivity contribution < 1.29 is 9.13 Å². The van der Waals surface area contributed by atoms with E-state index in [0.29, 0.717) is 24.8 Å². The first-order chi connectivity index (χ1) is 15.0. The van der Waals surface area contributed by atoms with Gasteiger partial charge >= 0.3 is 0 Å². The molecule has 0 saturated heterocycles. The van der Waals surface area contributed by atoms with Crippen LogP contribution >= 0.6 is 0 Å². The van der Waals surface area contributed by atoms with E-state index >= 15 is 0 Å². The van der Waals surface area contributed by atoms with Crippen molar-refractivity contribution in [3.8, 4) is 5.75 Å². The fraction of sp³-hybridized carbons (Fsp3) is 0.346. The summed E-state index contributed by atoms with van der Waals surface area (Å²) in [4.78, 5) is 8.84. The zero-order valence-corrected chi connectivity index (χ0v) is 18.6. The second-order valence-corrected chi connectivity index (χ2v) is 8.25. The van der Waals surface area contributed by atoms with E-state index in [4.69, 9.17) is 9.72 Å². The highest BCUT2D eigenvalue weighted by Crippen LogP contribution is 2.31. The number of aromatic nitrogens is 1. The van der Waals surface area contributed by atoms with E-state index in [1.165, 1.54) is 30.0 Å². The van der Waals surface area contributed by atoms with E-state index in [1.807, 2.05) is 41.3 Å². The highest BCUT2D eigenvalue weighted by molar-refractivity contribution is 5.67. The van der Waals surface area contributed by atoms with Crippen molar-refractivity contribution in [2.75, 3.05) is 11.5 Å². The molecule has 0 unspecified atom stereocenters. The molecule has 1 aromatic heterocycles. The molecule has 162 valence electrons. The van der Waals surface area contributed by atoms with Crippen LogP contribution in [0.3, 0.4) is 0 Å². The minimum absolute atomic E-state index is 0.280. The molecule has 1 fully saturated rings.